The van der Waals surface area contributed by atoms with Crippen LogP contribution in [0.1, 0.15) is 45.2 Å². The molecule has 0 aromatic carbocycles. The molecule has 1 heterocycles. The van der Waals surface area contributed by atoms with E-state index in [1.54, 1.807) is 0 Å². The summed E-state index contributed by atoms with van der Waals surface area (Å²) >= 11 is 0. The predicted octanol–water partition coefficient (Wildman–Crippen LogP) is 2.24. The number of hydrogen-bond donors (Lipinski definition) is 3. The summed E-state index contributed by atoms with van der Waals surface area (Å²) in [6.45, 7) is 9.02. The normalized spacial score (nSPS) is 14.2. The third kappa shape index (κ3) is 10.3. The maximum Gasteiger partial charge on any atom is 0.191 e. The molecule has 0 amide bonds. The largest absolute Gasteiger partial charge is 0.396 e. The van der Waals surface area contributed by atoms with Gasteiger partial charge in [-0.05, 0) is 45.7 Å². The van der Waals surface area contributed by atoms with Crippen molar-refractivity contribution in [3.63, 3.8) is 0 Å². The summed E-state index contributed by atoms with van der Waals surface area (Å²) in [5.74, 6) is 1.86. The van der Waals surface area contributed by atoms with Crippen molar-refractivity contribution in [1.29, 1.82) is 0 Å². The molecular weight excluding hydrogens is 455 g/mol. The monoisotopic (exact) mass is 494 g/mol. The van der Waals surface area contributed by atoms with Gasteiger partial charge in [0.05, 0.1) is 12.2 Å². The van der Waals surface area contributed by atoms with Gasteiger partial charge in [0.1, 0.15) is 0 Å². The smallest absolute Gasteiger partial charge is 0.191 e. The second-order valence-electron chi connectivity index (χ2n) is 7.54. The molecule has 0 aliphatic heterocycles. The topological polar surface area (TPSA) is 77.7 Å². The molecule has 3 N–H and O–H groups in total. The summed E-state index contributed by atoms with van der Waals surface area (Å²) in [7, 11) is 6.08. The zero-order valence-corrected chi connectivity index (χ0v) is 20.1. The molecule has 0 saturated heterocycles. The first-order valence-corrected chi connectivity index (χ1v) is 9.65. The quantitative estimate of drug-likeness (QED) is 0.250. The Bertz CT molecular complexity index is 532. The number of nitrogens with one attached hydrogen (secondary N) is 2. The van der Waals surface area contributed by atoms with Crippen LogP contribution in [0.3, 0.4) is 0 Å². The lowest BCUT2D eigenvalue weighted by Gasteiger charge is -2.25. The molecule has 0 fully saturated rings. The lowest BCUT2D eigenvalue weighted by Crippen LogP contribution is -2.42. The summed E-state index contributed by atoms with van der Waals surface area (Å²) in [4.78, 5) is 6.94. The molecule has 0 spiro atoms. The second-order valence-corrected chi connectivity index (χ2v) is 7.54. The Morgan fingerprint density at radius 1 is 1.33 bits per heavy atom. The molecule has 0 aliphatic rings. The summed E-state index contributed by atoms with van der Waals surface area (Å²) in [6, 6.07) is 0.219. The van der Waals surface area contributed by atoms with Gasteiger partial charge in [0.2, 0.25) is 0 Å². The maximum absolute atomic E-state index is 9.29. The van der Waals surface area contributed by atoms with Crippen LogP contribution in [-0.4, -0.2) is 66.1 Å². The third-order valence-electron chi connectivity index (χ3n) is 4.39. The summed E-state index contributed by atoms with van der Waals surface area (Å²) in [5, 5.41) is 20.4. The van der Waals surface area contributed by atoms with Crippen molar-refractivity contribution in [2.24, 2.45) is 23.9 Å². The van der Waals surface area contributed by atoms with E-state index in [0.717, 1.165) is 38.4 Å². The molecule has 1 rings (SSSR count). The standard InChI is InChI=1S/C19H38N6O.HI/c1-7-20-19(21-11-16(8-9-26)10-15(2)3)22-13-18(24(4)5)17-12-23-25(6)14-17;/h12,14-16,18,26H,7-11,13H2,1-6H3,(H2,20,21,22);1H. The Hall–Kier alpha value is -0.870. The number of rotatable bonds is 11. The molecule has 158 valence electrons. The number of nitrogens with zero attached hydrogens (tertiary/aromatic N) is 4. The fourth-order valence-electron chi connectivity index (χ4n) is 3.10. The van der Waals surface area contributed by atoms with Crippen LogP contribution in [0.4, 0.5) is 0 Å². The van der Waals surface area contributed by atoms with Crippen molar-refractivity contribution < 1.29 is 5.11 Å². The highest BCUT2D eigenvalue weighted by molar-refractivity contribution is 14.0. The van der Waals surface area contributed by atoms with Gasteiger partial charge in [-0.1, -0.05) is 13.8 Å². The molecule has 2 atom stereocenters. The number of aliphatic hydroxyl groups excluding tert-OH is 1. The summed E-state index contributed by atoms with van der Waals surface area (Å²) in [6.07, 6.45) is 5.85. The zero-order chi connectivity index (χ0) is 19.5. The van der Waals surface area contributed by atoms with Crippen LogP contribution in [0.25, 0.3) is 0 Å². The van der Waals surface area contributed by atoms with Crippen LogP contribution >= 0.6 is 24.0 Å². The summed E-state index contributed by atoms with van der Waals surface area (Å²) in [5.41, 5.74) is 1.18. The van der Waals surface area contributed by atoms with Gasteiger partial charge in [-0.2, -0.15) is 5.10 Å². The zero-order valence-electron chi connectivity index (χ0n) is 17.8. The SMILES string of the molecule is CCNC(=NCC(CCO)CC(C)C)NCC(c1cnn(C)c1)N(C)C.I. The van der Waals surface area contributed by atoms with Gasteiger partial charge in [0, 0.05) is 45.0 Å². The van der Waals surface area contributed by atoms with Crippen molar-refractivity contribution in [3.05, 3.63) is 18.0 Å². The molecule has 2 unspecified atom stereocenters. The van der Waals surface area contributed by atoms with Crippen LogP contribution < -0.4 is 10.6 Å². The van der Waals surface area contributed by atoms with Crippen molar-refractivity contribution >= 4 is 29.9 Å². The summed E-state index contributed by atoms with van der Waals surface area (Å²) < 4.78 is 1.83. The number of hydrogen-bond acceptors (Lipinski definition) is 4. The highest BCUT2D eigenvalue weighted by atomic mass is 127. The van der Waals surface area contributed by atoms with E-state index in [1.165, 1.54) is 5.56 Å². The highest BCUT2D eigenvalue weighted by Crippen LogP contribution is 2.17. The van der Waals surface area contributed by atoms with Gasteiger partial charge in [0.15, 0.2) is 5.96 Å². The van der Waals surface area contributed by atoms with Crippen LogP contribution in [0.5, 0.6) is 0 Å². The fourth-order valence-corrected chi connectivity index (χ4v) is 3.10. The van der Waals surface area contributed by atoms with Crippen molar-refractivity contribution in [1.82, 2.24) is 25.3 Å². The Kier molecular flexibility index (Phi) is 13.7. The molecule has 7 nitrogen and oxygen atoms in total. The molecule has 0 aliphatic carbocycles. The Morgan fingerprint density at radius 2 is 2.04 bits per heavy atom. The fraction of sp³-hybridized carbons (Fsp3) is 0.789. The second kappa shape index (κ2) is 14.2. The molecule has 27 heavy (non-hydrogen) atoms. The molecule has 0 radical (unpaired) electrons. The number of guanidine groups is 1. The Labute approximate surface area is 182 Å². The van der Waals surface area contributed by atoms with Gasteiger partial charge in [-0.3, -0.25) is 9.67 Å². The van der Waals surface area contributed by atoms with E-state index in [0.29, 0.717) is 11.8 Å². The van der Waals surface area contributed by atoms with E-state index in [9.17, 15) is 5.11 Å². The molecular formula is C19H39IN6O. The van der Waals surface area contributed by atoms with E-state index in [1.807, 2.05) is 17.9 Å². The Balaban J connectivity index is 0.00000676. The van der Waals surface area contributed by atoms with Gasteiger partial charge >= 0.3 is 0 Å². The molecule has 1 aromatic heterocycles. The minimum absolute atomic E-state index is 0. The van der Waals surface area contributed by atoms with Crippen LogP contribution in [-0.2, 0) is 7.05 Å². The molecule has 1 aromatic rings. The third-order valence-corrected chi connectivity index (χ3v) is 4.39. The van der Waals surface area contributed by atoms with Crippen LogP contribution in [0.2, 0.25) is 0 Å². The number of aliphatic hydroxyl groups is 1. The predicted molar refractivity (Wildman–Crippen MR) is 124 cm³/mol. The highest BCUT2D eigenvalue weighted by Gasteiger charge is 2.17. The molecule has 0 bridgehead atoms. The first-order valence-electron chi connectivity index (χ1n) is 9.65. The maximum atomic E-state index is 9.29. The first kappa shape index (κ1) is 26.1. The number of aliphatic imine (C=N–C) groups is 1. The Morgan fingerprint density at radius 3 is 2.52 bits per heavy atom. The number of halogens is 1. The van der Waals surface area contributed by atoms with Crippen molar-refractivity contribution in [2.45, 2.75) is 39.7 Å². The first-order chi connectivity index (χ1) is 12.4. The average Bonchev–Trinajstić information content (AvgIpc) is 2.98. The van der Waals surface area contributed by atoms with E-state index in [4.69, 9.17) is 4.99 Å². The number of aryl methyl sites for hydroxylation is 1. The molecule has 8 heteroatoms. The van der Waals surface area contributed by atoms with E-state index >= 15 is 0 Å². The van der Waals surface area contributed by atoms with Crippen LogP contribution in [0.15, 0.2) is 17.4 Å². The van der Waals surface area contributed by atoms with Gasteiger partial charge in [-0.15, -0.1) is 24.0 Å². The van der Waals surface area contributed by atoms with Crippen molar-refractivity contribution in [2.75, 3.05) is 40.3 Å². The van der Waals surface area contributed by atoms with Crippen molar-refractivity contribution in [3.8, 4) is 0 Å². The minimum Gasteiger partial charge on any atom is -0.396 e. The lowest BCUT2D eigenvalue weighted by atomic mass is 9.94. The number of likely N-dealkylation sites (N-methyl/N-ethyl adjacent to an activating group) is 1. The van der Waals surface area contributed by atoms with Gasteiger partial charge in [0.25, 0.3) is 0 Å². The number of aromatic nitrogens is 2. The lowest BCUT2D eigenvalue weighted by molar-refractivity contribution is 0.245. The minimum atomic E-state index is 0. The molecule has 0 saturated carbocycles. The van der Waals surface area contributed by atoms with E-state index in [2.05, 4.69) is 61.7 Å². The van der Waals surface area contributed by atoms with E-state index in [-0.39, 0.29) is 36.6 Å². The average molecular weight is 494 g/mol. The van der Waals surface area contributed by atoms with Gasteiger partial charge < -0.3 is 20.6 Å². The van der Waals surface area contributed by atoms with E-state index < -0.39 is 0 Å². The van der Waals surface area contributed by atoms with Crippen LogP contribution in [0, 0.1) is 11.8 Å². The van der Waals surface area contributed by atoms with Gasteiger partial charge in [-0.25, -0.2) is 0 Å².